The van der Waals surface area contributed by atoms with Gasteiger partial charge in [0.25, 0.3) is 0 Å². The summed E-state index contributed by atoms with van der Waals surface area (Å²) in [4.78, 5) is 0. The van der Waals surface area contributed by atoms with Gasteiger partial charge in [-0.15, -0.1) is 0 Å². The van der Waals surface area contributed by atoms with Crippen LogP contribution in [-0.4, -0.2) is 53.9 Å². The first kappa shape index (κ1) is 33.7. The minimum Gasteiger partial charge on any atom is -0.354 e. The van der Waals surface area contributed by atoms with Gasteiger partial charge in [-0.2, -0.15) is 35.1 Å². The second kappa shape index (κ2) is 9.59. The molecule has 0 bridgehead atoms. The molecule has 2 rings (SSSR count). The van der Waals surface area contributed by atoms with Crippen LogP contribution in [0.25, 0.3) is 0 Å². The first-order chi connectivity index (χ1) is 10.4. The Bertz CT molecular complexity index is 372. The van der Waals surface area contributed by atoms with Crippen molar-refractivity contribution in [1.29, 1.82) is 0 Å². The molecule has 2 atom stereocenters. The molecule has 2 unspecified atom stereocenters. The van der Waals surface area contributed by atoms with Crippen molar-refractivity contribution in [1.82, 2.24) is 0 Å². The Kier molecular flexibility index (Phi) is 12.0. The summed E-state index contributed by atoms with van der Waals surface area (Å²) < 4.78 is 126. The van der Waals surface area contributed by atoms with Crippen molar-refractivity contribution in [2.45, 2.75) is 78.6 Å². The molecule has 2 saturated heterocycles. The van der Waals surface area contributed by atoms with Crippen molar-refractivity contribution in [3.63, 3.8) is 0 Å². The fraction of sp³-hybridized carbons (Fsp3) is 1.00. The monoisotopic (exact) mass is 432 g/mol. The number of halogens is 10. The summed E-state index contributed by atoms with van der Waals surface area (Å²) in [6, 6.07) is 0. The zero-order chi connectivity index (χ0) is 19.8. The molecule has 0 saturated carbocycles. The van der Waals surface area contributed by atoms with Gasteiger partial charge in [0.15, 0.2) is 0 Å². The Morgan fingerprint density at radius 1 is 0.704 bits per heavy atom. The van der Waals surface area contributed by atoms with Crippen molar-refractivity contribution in [2.75, 3.05) is 13.2 Å². The van der Waals surface area contributed by atoms with Gasteiger partial charge in [-0.05, 0) is 6.92 Å². The lowest BCUT2D eigenvalue weighted by Crippen LogP contribution is -2.71. The Labute approximate surface area is 151 Å². The zero-order valence-electron chi connectivity index (χ0n) is 12.5. The van der Waals surface area contributed by atoms with Crippen LogP contribution in [0.1, 0.15) is 43.1 Å². The van der Waals surface area contributed by atoms with E-state index in [1.54, 1.807) is 0 Å². The summed E-state index contributed by atoms with van der Waals surface area (Å²) in [5.41, 5.74) is -3.28. The fourth-order valence-corrected chi connectivity index (χ4v) is 1.29. The average molecular weight is 432 g/mol. The number of ether oxygens (including phenoxy) is 2. The topological polar surface area (TPSA) is 38.7 Å². The van der Waals surface area contributed by atoms with Crippen molar-refractivity contribution in [3.8, 4) is 0 Å². The number of alkyl halides is 10. The van der Waals surface area contributed by atoms with E-state index in [-0.39, 0.29) is 22.3 Å². The number of rotatable bonds is 0. The summed E-state index contributed by atoms with van der Waals surface area (Å²) >= 11 is 0. The molecule has 27 heavy (non-hydrogen) atoms. The molecule has 2 aliphatic rings. The number of hydrogen-bond donors (Lipinski definition) is 1. The largest absolute Gasteiger partial charge is 0.449 e. The molecule has 0 aromatic heterocycles. The quantitative estimate of drug-likeness (QED) is 0.491. The summed E-state index contributed by atoms with van der Waals surface area (Å²) in [6.45, 7) is 1.79. The van der Waals surface area contributed by atoms with Crippen molar-refractivity contribution < 1.29 is 58.5 Å². The van der Waals surface area contributed by atoms with Crippen LogP contribution < -0.4 is 0 Å². The summed E-state index contributed by atoms with van der Waals surface area (Å²) in [6.07, 6.45) is -10.5. The van der Waals surface area contributed by atoms with Gasteiger partial charge in [-0.3, -0.25) is 0 Å². The van der Waals surface area contributed by atoms with Crippen LogP contribution in [0.3, 0.4) is 0 Å². The zero-order valence-corrected chi connectivity index (χ0v) is 12.5. The molecule has 170 valence electrons. The summed E-state index contributed by atoms with van der Waals surface area (Å²) in [7, 11) is 0. The summed E-state index contributed by atoms with van der Waals surface area (Å²) in [5.74, 6) is -12.3. The lowest BCUT2D eigenvalue weighted by Gasteiger charge is -2.46. The highest BCUT2D eigenvalue weighted by molar-refractivity contribution is 5.04. The molecule has 2 aliphatic heterocycles. The first-order valence-electron chi connectivity index (χ1n) is 6.31. The van der Waals surface area contributed by atoms with Crippen LogP contribution in [0.2, 0.25) is 0 Å². The molecule has 1 N–H and O–H groups in total. The van der Waals surface area contributed by atoms with Crippen LogP contribution in [-0.2, 0) is 9.47 Å². The van der Waals surface area contributed by atoms with Crippen molar-refractivity contribution in [3.05, 3.63) is 0 Å². The van der Waals surface area contributed by atoms with E-state index in [0.29, 0.717) is 6.92 Å². The molecule has 0 amide bonds. The van der Waals surface area contributed by atoms with E-state index < -0.39 is 48.8 Å². The highest BCUT2D eigenvalue weighted by Crippen LogP contribution is 2.51. The Morgan fingerprint density at radius 3 is 1.04 bits per heavy atom. The Morgan fingerprint density at radius 2 is 1.04 bits per heavy atom. The van der Waals surface area contributed by atoms with E-state index in [0.717, 1.165) is 0 Å². The minimum atomic E-state index is -5.45. The van der Waals surface area contributed by atoms with E-state index in [1.165, 1.54) is 0 Å². The van der Waals surface area contributed by atoms with Gasteiger partial charge in [0.1, 0.15) is 13.2 Å². The summed E-state index contributed by atoms with van der Waals surface area (Å²) in [5, 5.41) is 8.18. The van der Waals surface area contributed by atoms with Gasteiger partial charge < -0.3 is 14.6 Å². The first-order valence-corrected chi connectivity index (χ1v) is 6.31. The van der Waals surface area contributed by atoms with E-state index in [2.05, 4.69) is 9.47 Å². The molecule has 0 radical (unpaired) electrons. The molecule has 13 heteroatoms. The van der Waals surface area contributed by atoms with Crippen molar-refractivity contribution in [2.24, 2.45) is 0 Å². The van der Waals surface area contributed by atoms with E-state index >= 15 is 0 Å². The van der Waals surface area contributed by atoms with E-state index in [9.17, 15) is 43.9 Å². The van der Waals surface area contributed by atoms with Gasteiger partial charge >= 0.3 is 30.0 Å². The Balaban J connectivity index is -0.000000163. The molecule has 0 aliphatic carbocycles. The second-order valence-electron chi connectivity index (χ2n) is 4.66. The smallest absolute Gasteiger partial charge is 0.354 e. The predicted molar refractivity (Wildman–Crippen MR) is 78.8 cm³/mol. The van der Waals surface area contributed by atoms with Crippen LogP contribution >= 0.6 is 0 Å². The molecular weight excluding hydrogens is 406 g/mol. The fourth-order valence-electron chi connectivity index (χ4n) is 1.29. The van der Waals surface area contributed by atoms with Crippen LogP contribution in [0.5, 0.6) is 0 Å². The highest BCUT2D eigenvalue weighted by Gasteiger charge is 2.77. The van der Waals surface area contributed by atoms with Crippen molar-refractivity contribution >= 4 is 0 Å². The third-order valence-corrected chi connectivity index (χ3v) is 3.12. The van der Waals surface area contributed by atoms with Crippen LogP contribution in [0.15, 0.2) is 0 Å². The molecular formula is C14H26F10O3. The third-order valence-electron chi connectivity index (χ3n) is 3.12. The van der Waals surface area contributed by atoms with Crippen LogP contribution in [0.4, 0.5) is 43.9 Å². The maximum atomic E-state index is 12.2. The number of aliphatic hydroxyl groups is 1. The van der Waals surface area contributed by atoms with Gasteiger partial charge in [-0.25, -0.2) is 8.78 Å². The highest BCUT2D eigenvalue weighted by atomic mass is 19.4. The molecule has 0 aromatic carbocycles. The molecule has 2 fully saturated rings. The van der Waals surface area contributed by atoms with Gasteiger partial charge in [-0.1, -0.05) is 36.1 Å². The van der Waals surface area contributed by atoms with Gasteiger partial charge in [0.2, 0.25) is 5.60 Å². The minimum absolute atomic E-state index is 0. The van der Waals surface area contributed by atoms with E-state index in [1.807, 2.05) is 13.8 Å². The van der Waals surface area contributed by atoms with E-state index in [4.69, 9.17) is 5.11 Å². The number of hydrogen-bond acceptors (Lipinski definition) is 3. The molecule has 2 heterocycles. The van der Waals surface area contributed by atoms with Gasteiger partial charge in [0.05, 0.1) is 0 Å². The standard InChI is InChI=1S/C5H5F5O.C4H3F5O2.C2H6.3CH4/c1-3(5(8,9)10)4(6,7)2-11-3;5-2(6)1-11-3(2,10)4(7,8)9;1-2;;;/h2H2,1H3;10H,1H2;1-2H3;3*1H4. The third kappa shape index (κ3) is 5.59. The second-order valence-corrected chi connectivity index (χ2v) is 4.66. The van der Waals surface area contributed by atoms with Gasteiger partial charge in [0, 0.05) is 0 Å². The lowest BCUT2D eigenvalue weighted by atomic mass is 9.92. The van der Waals surface area contributed by atoms with Crippen LogP contribution in [0, 0.1) is 0 Å². The normalized spacial score (nSPS) is 30.0. The maximum Gasteiger partial charge on any atom is 0.449 e. The molecule has 0 spiro atoms. The molecule has 3 nitrogen and oxygen atoms in total. The predicted octanol–water partition coefficient (Wildman–Crippen LogP) is 5.81. The SMILES string of the molecule is C.C.C.CC.CC1(C(F)(F)F)OCC1(F)F.OC1(C(F)(F)F)OCC1(F)F. The Hall–Kier alpha value is -0.820. The molecule has 0 aromatic rings. The lowest BCUT2D eigenvalue weighted by molar-refractivity contribution is -0.498. The average Bonchev–Trinajstić information content (AvgIpc) is 2.43. The maximum absolute atomic E-state index is 12.2.